The molecule has 0 aliphatic carbocycles. The quantitative estimate of drug-likeness (QED) is 0.435. The zero-order valence-corrected chi connectivity index (χ0v) is 14.0. The van der Waals surface area contributed by atoms with Gasteiger partial charge in [0.25, 0.3) is 0 Å². The van der Waals surface area contributed by atoms with Crippen LogP contribution in [0.3, 0.4) is 0 Å². The molecule has 4 nitrogen and oxygen atoms in total. The second-order valence-corrected chi connectivity index (χ2v) is 5.62. The number of anilines is 1. The van der Waals surface area contributed by atoms with E-state index in [-0.39, 0.29) is 22.7 Å². The lowest BCUT2D eigenvalue weighted by Gasteiger charge is -2.16. The first-order chi connectivity index (χ1) is 13.3. The van der Waals surface area contributed by atoms with Crippen LogP contribution in [0.15, 0.2) is 64.8 Å². The Morgan fingerprint density at radius 2 is 1.71 bits per heavy atom. The van der Waals surface area contributed by atoms with E-state index in [1.54, 1.807) is 0 Å². The zero-order chi connectivity index (χ0) is 20.3. The van der Waals surface area contributed by atoms with Gasteiger partial charge in [0.05, 0.1) is 5.57 Å². The fraction of sp³-hybridized carbons (Fsp3) is 0.0526. The van der Waals surface area contributed by atoms with E-state index in [4.69, 9.17) is 9.93 Å². The van der Waals surface area contributed by atoms with Crippen LogP contribution in [-0.4, -0.2) is 17.5 Å². The van der Waals surface area contributed by atoms with Gasteiger partial charge in [0.15, 0.2) is 5.76 Å². The van der Waals surface area contributed by atoms with Crippen LogP contribution in [0, 0.1) is 17.0 Å². The molecule has 0 amide bonds. The third kappa shape index (κ3) is 4.08. The van der Waals surface area contributed by atoms with Crippen molar-refractivity contribution >= 4 is 17.5 Å². The van der Waals surface area contributed by atoms with Crippen molar-refractivity contribution in [3.63, 3.8) is 0 Å². The van der Waals surface area contributed by atoms with Crippen LogP contribution in [0.25, 0.3) is 16.8 Å². The summed E-state index contributed by atoms with van der Waals surface area (Å²) in [5, 5.41) is 13.2. The molecule has 0 fully saturated rings. The summed E-state index contributed by atoms with van der Waals surface area (Å²) in [7, 11) is 0. The maximum atomic E-state index is 13.9. The monoisotopic (exact) mass is 393 g/mol. The fourth-order valence-electron chi connectivity index (χ4n) is 2.43. The maximum Gasteiger partial charge on any atom is 0.432 e. The molecule has 3 rings (SSSR count). The van der Waals surface area contributed by atoms with Crippen molar-refractivity contribution in [1.82, 2.24) is 5.16 Å². The summed E-state index contributed by atoms with van der Waals surface area (Å²) in [6.07, 6.45) is -4.43. The molecule has 2 aromatic carbocycles. The van der Waals surface area contributed by atoms with Gasteiger partial charge in [-0.1, -0.05) is 17.3 Å². The Morgan fingerprint density at radius 3 is 2.32 bits per heavy atom. The first kappa shape index (κ1) is 19.3. The van der Waals surface area contributed by atoms with Crippen LogP contribution < -0.4 is 5.32 Å². The Bertz CT molecular complexity index is 1020. The van der Waals surface area contributed by atoms with Gasteiger partial charge in [-0.3, -0.25) is 0 Å². The molecule has 0 aliphatic rings. The molecule has 1 aromatic heterocycles. The number of alkyl halides is 3. The summed E-state index contributed by atoms with van der Waals surface area (Å²) in [6, 6.07) is 10.9. The van der Waals surface area contributed by atoms with E-state index in [2.05, 4.69) is 10.5 Å². The largest absolute Gasteiger partial charge is 0.432 e. The molecule has 0 saturated carbocycles. The molecule has 0 bridgehead atoms. The van der Waals surface area contributed by atoms with E-state index in [0.29, 0.717) is 6.21 Å². The van der Waals surface area contributed by atoms with Crippen molar-refractivity contribution < 1.29 is 26.5 Å². The smallest absolute Gasteiger partial charge is 0.356 e. The fourth-order valence-corrected chi connectivity index (χ4v) is 2.43. The minimum Gasteiger partial charge on any atom is -0.356 e. The maximum absolute atomic E-state index is 13.9. The number of allylic oxidation sites excluding steroid dienone is 2. The third-order valence-corrected chi connectivity index (χ3v) is 3.74. The number of nitrogens with one attached hydrogen (secondary N) is 2. The summed E-state index contributed by atoms with van der Waals surface area (Å²) in [5.41, 5.74) is -1.96. The van der Waals surface area contributed by atoms with Crippen molar-refractivity contribution in [2.45, 2.75) is 6.18 Å². The minimum atomic E-state index is -4.88. The van der Waals surface area contributed by atoms with Crippen LogP contribution in [-0.2, 0) is 0 Å². The van der Waals surface area contributed by atoms with Gasteiger partial charge in [0.1, 0.15) is 23.0 Å². The zero-order valence-electron chi connectivity index (χ0n) is 14.0. The molecule has 144 valence electrons. The minimum absolute atomic E-state index is 0.0178. The lowest BCUT2D eigenvalue weighted by molar-refractivity contribution is -0.0896. The first-order valence-electron chi connectivity index (χ1n) is 7.86. The summed E-state index contributed by atoms with van der Waals surface area (Å²) in [6.45, 7) is 0. The molecule has 1 heterocycles. The highest BCUT2D eigenvalue weighted by Crippen LogP contribution is 2.34. The van der Waals surface area contributed by atoms with Gasteiger partial charge in [-0.05, 0) is 36.4 Å². The Balaban J connectivity index is 2.06. The molecule has 0 spiro atoms. The standard InChI is InChI=1S/C19H12F5N3O/c20-11-5-7-12(8-6-11)26-18(19(22,23)24)14(10-25)17-9-16(27-28-17)13-3-1-2-4-15(13)21/h1-10,25-26H/b18-14+,25-10?. The Morgan fingerprint density at radius 1 is 1.04 bits per heavy atom. The highest BCUT2D eigenvalue weighted by atomic mass is 19.4. The average Bonchev–Trinajstić information content (AvgIpc) is 3.12. The van der Waals surface area contributed by atoms with Gasteiger partial charge in [-0.25, -0.2) is 8.78 Å². The molecule has 2 N–H and O–H groups in total. The van der Waals surface area contributed by atoms with Crippen LogP contribution in [0.5, 0.6) is 0 Å². The Hall–Kier alpha value is -3.49. The van der Waals surface area contributed by atoms with Crippen molar-refractivity contribution in [2.24, 2.45) is 0 Å². The van der Waals surface area contributed by atoms with Crippen molar-refractivity contribution in [3.05, 3.63) is 77.7 Å². The molecule has 28 heavy (non-hydrogen) atoms. The van der Waals surface area contributed by atoms with Crippen LogP contribution in [0.1, 0.15) is 5.76 Å². The lowest BCUT2D eigenvalue weighted by Crippen LogP contribution is -2.21. The number of hydrogen-bond acceptors (Lipinski definition) is 4. The van der Waals surface area contributed by atoms with Gasteiger partial charge < -0.3 is 15.2 Å². The highest BCUT2D eigenvalue weighted by molar-refractivity contribution is 6.09. The molecule has 9 heteroatoms. The topological polar surface area (TPSA) is 61.9 Å². The first-order valence-corrected chi connectivity index (χ1v) is 7.86. The van der Waals surface area contributed by atoms with E-state index in [0.717, 1.165) is 30.3 Å². The number of rotatable bonds is 5. The van der Waals surface area contributed by atoms with Gasteiger partial charge in [0, 0.05) is 23.5 Å². The number of aromatic nitrogens is 1. The second-order valence-electron chi connectivity index (χ2n) is 5.62. The van der Waals surface area contributed by atoms with E-state index in [9.17, 15) is 22.0 Å². The van der Waals surface area contributed by atoms with Gasteiger partial charge in [0.2, 0.25) is 0 Å². The molecular weight excluding hydrogens is 381 g/mol. The summed E-state index contributed by atoms with van der Waals surface area (Å²) in [5.74, 6) is -1.61. The number of nitrogens with zero attached hydrogens (tertiary/aromatic N) is 1. The molecule has 0 saturated heterocycles. The van der Waals surface area contributed by atoms with E-state index < -0.39 is 29.1 Å². The Kier molecular flexibility index (Phi) is 5.25. The predicted octanol–water partition coefficient (Wildman–Crippen LogP) is 5.65. The molecule has 0 atom stereocenters. The van der Waals surface area contributed by atoms with Crippen molar-refractivity contribution in [1.29, 1.82) is 5.41 Å². The highest BCUT2D eigenvalue weighted by Gasteiger charge is 2.38. The normalized spacial score (nSPS) is 12.5. The van der Waals surface area contributed by atoms with E-state index in [1.165, 1.54) is 24.3 Å². The van der Waals surface area contributed by atoms with Gasteiger partial charge in [-0.15, -0.1) is 0 Å². The van der Waals surface area contributed by atoms with Crippen molar-refractivity contribution in [2.75, 3.05) is 5.32 Å². The van der Waals surface area contributed by atoms with E-state index >= 15 is 0 Å². The third-order valence-electron chi connectivity index (χ3n) is 3.74. The molecule has 3 aromatic rings. The molecule has 0 radical (unpaired) electrons. The van der Waals surface area contributed by atoms with Crippen LogP contribution in [0.4, 0.5) is 27.6 Å². The van der Waals surface area contributed by atoms with Gasteiger partial charge in [-0.2, -0.15) is 13.2 Å². The summed E-state index contributed by atoms with van der Waals surface area (Å²) < 4.78 is 72.5. The van der Waals surface area contributed by atoms with E-state index in [1.807, 2.05) is 0 Å². The second kappa shape index (κ2) is 7.63. The van der Waals surface area contributed by atoms with Crippen LogP contribution >= 0.6 is 0 Å². The number of halogens is 5. The number of benzene rings is 2. The molecule has 0 aliphatic heterocycles. The molecular formula is C19H12F5N3O. The van der Waals surface area contributed by atoms with Gasteiger partial charge >= 0.3 is 6.18 Å². The van der Waals surface area contributed by atoms with Crippen LogP contribution in [0.2, 0.25) is 0 Å². The molecule has 0 unspecified atom stereocenters. The average molecular weight is 393 g/mol. The SMILES string of the molecule is N=C/C(=C(\Nc1ccc(F)cc1)C(F)(F)F)c1cc(-c2ccccc2F)no1. The summed E-state index contributed by atoms with van der Waals surface area (Å²) >= 11 is 0. The van der Waals surface area contributed by atoms with Crippen molar-refractivity contribution in [3.8, 4) is 11.3 Å². The number of hydrogen-bond donors (Lipinski definition) is 2. The summed E-state index contributed by atoms with van der Waals surface area (Å²) in [4.78, 5) is 0. The lowest BCUT2D eigenvalue weighted by atomic mass is 10.1. The Labute approximate surface area is 155 Å². The predicted molar refractivity (Wildman–Crippen MR) is 93.7 cm³/mol.